The van der Waals surface area contributed by atoms with E-state index in [0.29, 0.717) is 4.75 Å². The van der Waals surface area contributed by atoms with Crippen LogP contribution in [0.3, 0.4) is 0 Å². The lowest BCUT2D eigenvalue weighted by Gasteiger charge is -2.32. The molecule has 0 aliphatic carbocycles. The lowest BCUT2D eigenvalue weighted by molar-refractivity contribution is 0.0782. The van der Waals surface area contributed by atoms with Gasteiger partial charge in [-0.05, 0) is 43.0 Å². The third kappa shape index (κ3) is 1.68. The molecule has 0 saturated carbocycles. The van der Waals surface area contributed by atoms with Crippen LogP contribution in [0.2, 0.25) is 0 Å². The van der Waals surface area contributed by atoms with Crippen molar-refractivity contribution in [3.8, 4) is 0 Å². The first-order chi connectivity index (χ1) is 7.27. The van der Waals surface area contributed by atoms with Crippen LogP contribution in [0.1, 0.15) is 18.4 Å². The highest BCUT2D eigenvalue weighted by Gasteiger charge is 2.39. The van der Waals surface area contributed by atoms with Crippen LogP contribution in [0.15, 0.2) is 23.1 Å². The maximum atomic E-state index is 13.1. The molecule has 0 bridgehead atoms. The minimum atomic E-state index is -0.113. The first-order valence-electron chi connectivity index (χ1n) is 5.33. The SMILES string of the molecule is Fc1ccc2c(c1)CC1(CCOCC1)S2. The van der Waals surface area contributed by atoms with E-state index >= 15 is 0 Å². The van der Waals surface area contributed by atoms with Crippen LogP contribution in [-0.4, -0.2) is 18.0 Å². The molecule has 2 aliphatic rings. The van der Waals surface area contributed by atoms with Gasteiger partial charge in [-0.25, -0.2) is 4.39 Å². The van der Waals surface area contributed by atoms with Crippen molar-refractivity contribution in [2.45, 2.75) is 28.9 Å². The van der Waals surface area contributed by atoms with E-state index in [1.807, 2.05) is 17.8 Å². The summed E-state index contributed by atoms with van der Waals surface area (Å²) < 4.78 is 18.8. The lowest BCUT2D eigenvalue weighted by Crippen LogP contribution is -2.32. The molecule has 3 rings (SSSR count). The zero-order valence-corrected chi connectivity index (χ0v) is 9.28. The summed E-state index contributed by atoms with van der Waals surface area (Å²) in [6.45, 7) is 1.70. The summed E-state index contributed by atoms with van der Waals surface area (Å²) in [5.74, 6) is -0.113. The van der Waals surface area contributed by atoms with Gasteiger partial charge < -0.3 is 4.74 Å². The van der Waals surface area contributed by atoms with Crippen molar-refractivity contribution < 1.29 is 9.13 Å². The highest BCUT2D eigenvalue weighted by molar-refractivity contribution is 8.01. The Morgan fingerprint density at radius 2 is 2.07 bits per heavy atom. The van der Waals surface area contributed by atoms with Crippen molar-refractivity contribution >= 4 is 11.8 Å². The van der Waals surface area contributed by atoms with E-state index in [2.05, 4.69) is 0 Å². The second kappa shape index (κ2) is 3.49. The van der Waals surface area contributed by atoms with Crippen LogP contribution < -0.4 is 0 Å². The molecule has 0 amide bonds. The number of thioether (sulfide) groups is 1. The van der Waals surface area contributed by atoms with Gasteiger partial charge in [0, 0.05) is 22.9 Å². The van der Waals surface area contributed by atoms with Crippen LogP contribution in [-0.2, 0) is 11.2 Å². The summed E-state index contributed by atoms with van der Waals surface area (Å²) in [6.07, 6.45) is 3.19. The molecule has 2 aliphatic heterocycles. The third-order valence-corrected chi connectivity index (χ3v) is 4.87. The zero-order chi connectivity index (χ0) is 10.3. The van der Waals surface area contributed by atoms with E-state index < -0.39 is 0 Å². The monoisotopic (exact) mass is 224 g/mol. The van der Waals surface area contributed by atoms with E-state index in [4.69, 9.17) is 4.74 Å². The minimum absolute atomic E-state index is 0.113. The Morgan fingerprint density at radius 3 is 2.87 bits per heavy atom. The van der Waals surface area contributed by atoms with Crippen LogP contribution in [0.4, 0.5) is 4.39 Å². The molecular formula is C12H13FOS. The van der Waals surface area contributed by atoms with Gasteiger partial charge in [-0.15, -0.1) is 11.8 Å². The van der Waals surface area contributed by atoms with Gasteiger partial charge in [0.25, 0.3) is 0 Å². The molecule has 1 aromatic carbocycles. The summed E-state index contributed by atoms with van der Waals surface area (Å²) >= 11 is 1.92. The molecule has 0 N–H and O–H groups in total. The lowest BCUT2D eigenvalue weighted by atomic mass is 9.92. The molecule has 15 heavy (non-hydrogen) atoms. The van der Waals surface area contributed by atoms with Gasteiger partial charge in [-0.3, -0.25) is 0 Å². The molecular weight excluding hydrogens is 211 g/mol. The molecule has 0 radical (unpaired) electrons. The van der Waals surface area contributed by atoms with Crippen LogP contribution >= 0.6 is 11.8 Å². The highest BCUT2D eigenvalue weighted by atomic mass is 32.2. The Hall–Kier alpha value is -0.540. The fourth-order valence-electron chi connectivity index (χ4n) is 2.42. The minimum Gasteiger partial charge on any atom is -0.381 e. The number of halogens is 1. The first-order valence-corrected chi connectivity index (χ1v) is 6.14. The average Bonchev–Trinajstić information content (AvgIpc) is 2.56. The van der Waals surface area contributed by atoms with Gasteiger partial charge >= 0.3 is 0 Å². The molecule has 0 unspecified atom stereocenters. The number of hydrogen-bond donors (Lipinski definition) is 0. The molecule has 0 atom stereocenters. The Kier molecular flexibility index (Phi) is 2.25. The number of hydrogen-bond acceptors (Lipinski definition) is 2. The molecule has 1 saturated heterocycles. The first kappa shape index (κ1) is 9.67. The zero-order valence-electron chi connectivity index (χ0n) is 8.46. The number of ether oxygens (including phenoxy) is 1. The summed E-state index contributed by atoms with van der Waals surface area (Å²) in [5.41, 5.74) is 1.18. The van der Waals surface area contributed by atoms with Crippen molar-refractivity contribution in [1.29, 1.82) is 0 Å². The van der Waals surface area contributed by atoms with Gasteiger partial charge in [-0.2, -0.15) is 0 Å². The van der Waals surface area contributed by atoms with E-state index in [0.717, 1.165) is 32.5 Å². The topological polar surface area (TPSA) is 9.23 Å². The normalized spacial score (nSPS) is 23.0. The van der Waals surface area contributed by atoms with Gasteiger partial charge in [0.2, 0.25) is 0 Å². The Balaban J connectivity index is 1.90. The fourth-order valence-corrected chi connectivity index (χ4v) is 3.89. The predicted octanol–water partition coefficient (Wildman–Crippen LogP) is 3.02. The number of benzene rings is 1. The quantitative estimate of drug-likeness (QED) is 0.670. The molecule has 80 valence electrons. The molecule has 1 spiro atoms. The smallest absolute Gasteiger partial charge is 0.123 e. The van der Waals surface area contributed by atoms with Gasteiger partial charge in [0.15, 0.2) is 0 Å². The molecule has 2 heterocycles. The van der Waals surface area contributed by atoms with Crippen LogP contribution in [0, 0.1) is 5.82 Å². The van der Waals surface area contributed by atoms with E-state index in [1.165, 1.54) is 10.5 Å². The van der Waals surface area contributed by atoms with Gasteiger partial charge in [-0.1, -0.05) is 0 Å². The predicted molar refractivity (Wildman–Crippen MR) is 58.7 cm³/mol. The molecule has 1 fully saturated rings. The Bertz CT molecular complexity index is 385. The largest absolute Gasteiger partial charge is 0.381 e. The fraction of sp³-hybridized carbons (Fsp3) is 0.500. The van der Waals surface area contributed by atoms with Crippen molar-refractivity contribution in [2.75, 3.05) is 13.2 Å². The second-order valence-electron chi connectivity index (χ2n) is 4.33. The van der Waals surface area contributed by atoms with Crippen molar-refractivity contribution in [3.05, 3.63) is 29.6 Å². The number of fused-ring (bicyclic) bond motifs is 1. The molecule has 1 aromatic rings. The van der Waals surface area contributed by atoms with Gasteiger partial charge in [0.1, 0.15) is 5.82 Å². The van der Waals surface area contributed by atoms with E-state index in [9.17, 15) is 4.39 Å². The standard InChI is InChI=1S/C12H13FOS/c13-10-1-2-11-9(7-10)8-12(15-11)3-5-14-6-4-12/h1-2,7H,3-6,8H2. The van der Waals surface area contributed by atoms with Crippen LogP contribution in [0.25, 0.3) is 0 Å². The summed E-state index contributed by atoms with van der Waals surface area (Å²) in [6, 6.07) is 5.16. The summed E-state index contributed by atoms with van der Waals surface area (Å²) in [4.78, 5) is 1.26. The maximum absolute atomic E-state index is 13.1. The van der Waals surface area contributed by atoms with Crippen molar-refractivity contribution in [1.82, 2.24) is 0 Å². The van der Waals surface area contributed by atoms with E-state index in [-0.39, 0.29) is 5.82 Å². The molecule has 3 heteroatoms. The van der Waals surface area contributed by atoms with Crippen molar-refractivity contribution in [2.24, 2.45) is 0 Å². The molecule has 0 aromatic heterocycles. The van der Waals surface area contributed by atoms with Crippen molar-refractivity contribution in [3.63, 3.8) is 0 Å². The van der Waals surface area contributed by atoms with Crippen LogP contribution in [0.5, 0.6) is 0 Å². The maximum Gasteiger partial charge on any atom is 0.123 e. The average molecular weight is 224 g/mol. The second-order valence-corrected chi connectivity index (χ2v) is 5.84. The van der Waals surface area contributed by atoms with E-state index in [1.54, 1.807) is 12.1 Å². The van der Waals surface area contributed by atoms with Gasteiger partial charge in [0.05, 0.1) is 0 Å². The highest BCUT2D eigenvalue weighted by Crippen LogP contribution is 2.50. The number of rotatable bonds is 0. The summed E-state index contributed by atoms with van der Waals surface area (Å²) in [7, 11) is 0. The Labute approximate surface area is 93.0 Å². The Morgan fingerprint density at radius 1 is 1.27 bits per heavy atom. The summed E-state index contributed by atoms with van der Waals surface area (Å²) in [5, 5.41) is 0. The third-order valence-electron chi connectivity index (χ3n) is 3.27. The molecule has 1 nitrogen and oxygen atoms in total.